The molecule has 2 N–H and O–H groups in total. The van der Waals surface area contributed by atoms with E-state index in [0.29, 0.717) is 6.17 Å². The van der Waals surface area contributed by atoms with E-state index in [1.165, 1.54) is 64.2 Å². The van der Waals surface area contributed by atoms with Crippen LogP contribution in [0.3, 0.4) is 0 Å². The maximum Gasteiger partial charge on any atom is 0.103 e. The van der Waals surface area contributed by atoms with Crippen LogP contribution in [0, 0.1) is 0 Å². The molecule has 0 spiro atoms. The molecule has 3 heteroatoms. The largest absolute Gasteiger partial charge is 0.316 e. The summed E-state index contributed by atoms with van der Waals surface area (Å²) < 4.78 is 0. The Balaban J connectivity index is 1.87. The number of hydrogen-bond donors (Lipinski definition) is 1. The summed E-state index contributed by atoms with van der Waals surface area (Å²) in [6.45, 7) is 5.08. The minimum absolute atomic E-state index is 0.125. The molecule has 1 aliphatic heterocycles. The lowest BCUT2D eigenvalue weighted by Gasteiger charge is -2.26. The monoisotopic (exact) mass is 293 g/mol. The van der Waals surface area contributed by atoms with Gasteiger partial charge in [0.05, 0.1) is 6.17 Å². The Labute approximate surface area is 131 Å². The topological polar surface area (TPSA) is 41.6 Å². The van der Waals surface area contributed by atoms with Crippen LogP contribution in [0.25, 0.3) is 0 Å². The second-order valence-corrected chi connectivity index (χ2v) is 6.22. The SMILES string of the molecule is C/C=C/CCCCCCCCCCC1N=CCN1C(C)N. The molecule has 0 saturated heterocycles. The van der Waals surface area contributed by atoms with Gasteiger partial charge in [0.1, 0.15) is 6.17 Å². The summed E-state index contributed by atoms with van der Waals surface area (Å²) in [5, 5.41) is 0. The van der Waals surface area contributed by atoms with Crippen LogP contribution in [0.1, 0.15) is 78.1 Å². The average Bonchev–Trinajstić information content (AvgIpc) is 2.93. The van der Waals surface area contributed by atoms with Gasteiger partial charge in [-0.2, -0.15) is 0 Å². The van der Waals surface area contributed by atoms with Gasteiger partial charge in [0.2, 0.25) is 0 Å². The Morgan fingerprint density at radius 1 is 1.14 bits per heavy atom. The maximum atomic E-state index is 5.96. The van der Waals surface area contributed by atoms with Crippen LogP contribution in [0.2, 0.25) is 0 Å². The maximum absolute atomic E-state index is 5.96. The minimum atomic E-state index is 0.125. The van der Waals surface area contributed by atoms with Crippen molar-refractivity contribution in [2.75, 3.05) is 6.54 Å². The highest BCUT2D eigenvalue weighted by Gasteiger charge is 2.22. The third-order valence-corrected chi connectivity index (χ3v) is 4.29. The average molecular weight is 293 g/mol. The lowest BCUT2D eigenvalue weighted by atomic mass is 10.1. The van der Waals surface area contributed by atoms with Gasteiger partial charge in [0.15, 0.2) is 0 Å². The summed E-state index contributed by atoms with van der Waals surface area (Å²) in [6, 6.07) is 0. The number of nitrogens with two attached hydrogens (primary N) is 1. The molecule has 0 aromatic carbocycles. The number of unbranched alkanes of at least 4 members (excludes halogenated alkanes) is 8. The van der Waals surface area contributed by atoms with Crippen LogP contribution in [0.15, 0.2) is 17.1 Å². The predicted molar refractivity (Wildman–Crippen MR) is 93.6 cm³/mol. The highest BCUT2D eigenvalue weighted by atomic mass is 15.3. The van der Waals surface area contributed by atoms with Crippen LogP contribution in [-0.4, -0.2) is 30.0 Å². The molecule has 122 valence electrons. The van der Waals surface area contributed by atoms with E-state index in [-0.39, 0.29) is 6.17 Å². The minimum Gasteiger partial charge on any atom is -0.316 e. The molecule has 21 heavy (non-hydrogen) atoms. The Morgan fingerprint density at radius 3 is 2.38 bits per heavy atom. The van der Waals surface area contributed by atoms with Crippen molar-refractivity contribution < 1.29 is 0 Å². The number of rotatable bonds is 12. The first kappa shape index (κ1) is 18.4. The van der Waals surface area contributed by atoms with Crippen molar-refractivity contribution >= 4 is 6.21 Å². The molecule has 1 rings (SSSR count). The van der Waals surface area contributed by atoms with Crippen molar-refractivity contribution in [3.63, 3.8) is 0 Å². The van der Waals surface area contributed by atoms with Crippen molar-refractivity contribution in [3.05, 3.63) is 12.2 Å². The van der Waals surface area contributed by atoms with Crippen molar-refractivity contribution in [3.8, 4) is 0 Å². The third kappa shape index (κ3) is 8.37. The predicted octanol–water partition coefficient (Wildman–Crippen LogP) is 4.48. The van der Waals surface area contributed by atoms with Crippen LogP contribution < -0.4 is 5.73 Å². The zero-order valence-corrected chi connectivity index (χ0v) is 14.1. The van der Waals surface area contributed by atoms with Crippen LogP contribution in [0.5, 0.6) is 0 Å². The summed E-state index contributed by atoms with van der Waals surface area (Å²) in [5.74, 6) is 0. The van der Waals surface area contributed by atoms with E-state index in [2.05, 4.69) is 35.9 Å². The summed E-state index contributed by atoms with van der Waals surface area (Å²) in [4.78, 5) is 6.82. The summed E-state index contributed by atoms with van der Waals surface area (Å²) in [7, 11) is 0. The first-order valence-corrected chi connectivity index (χ1v) is 8.90. The van der Waals surface area contributed by atoms with Gasteiger partial charge >= 0.3 is 0 Å². The zero-order valence-electron chi connectivity index (χ0n) is 14.1. The molecule has 0 saturated carbocycles. The van der Waals surface area contributed by atoms with Gasteiger partial charge in [-0.05, 0) is 39.5 Å². The van der Waals surface area contributed by atoms with Crippen molar-refractivity contribution in [2.45, 2.75) is 90.4 Å². The number of allylic oxidation sites excluding steroid dienone is 2. The fourth-order valence-corrected chi connectivity index (χ4v) is 2.96. The van der Waals surface area contributed by atoms with E-state index in [1.807, 2.05) is 6.21 Å². The second kappa shape index (κ2) is 11.9. The molecule has 0 aromatic rings. The van der Waals surface area contributed by atoms with Gasteiger partial charge in [-0.15, -0.1) is 0 Å². The fourth-order valence-electron chi connectivity index (χ4n) is 2.96. The van der Waals surface area contributed by atoms with Gasteiger partial charge in [0.25, 0.3) is 0 Å². The first-order valence-electron chi connectivity index (χ1n) is 8.90. The van der Waals surface area contributed by atoms with Crippen LogP contribution in [-0.2, 0) is 0 Å². The molecular weight excluding hydrogens is 258 g/mol. The molecule has 0 radical (unpaired) electrons. The molecule has 0 aromatic heterocycles. The van der Waals surface area contributed by atoms with Crippen molar-refractivity contribution in [1.29, 1.82) is 0 Å². The molecule has 2 atom stereocenters. The highest BCUT2D eigenvalue weighted by molar-refractivity contribution is 5.62. The van der Waals surface area contributed by atoms with E-state index in [1.54, 1.807) is 0 Å². The lowest BCUT2D eigenvalue weighted by Crippen LogP contribution is -2.43. The number of aliphatic imine (C=N–C) groups is 1. The van der Waals surface area contributed by atoms with Crippen molar-refractivity contribution in [1.82, 2.24) is 4.90 Å². The number of hydrogen-bond acceptors (Lipinski definition) is 3. The van der Waals surface area contributed by atoms with E-state index in [4.69, 9.17) is 5.73 Å². The van der Waals surface area contributed by atoms with Gasteiger partial charge in [-0.3, -0.25) is 9.89 Å². The number of nitrogens with zero attached hydrogens (tertiary/aromatic N) is 2. The Morgan fingerprint density at radius 2 is 1.76 bits per heavy atom. The normalized spacial score (nSPS) is 20.6. The summed E-state index contributed by atoms with van der Waals surface area (Å²) in [5.41, 5.74) is 5.96. The van der Waals surface area contributed by atoms with E-state index in [0.717, 1.165) is 6.54 Å². The van der Waals surface area contributed by atoms with Crippen LogP contribution in [0.4, 0.5) is 0 Å². The van der Waals surface area contributed by atoms with E-state index >= 15 is 0 Å². The van der Waals surface area contributed by atoms with Gasteiger partial charge in [-0.25, -0.2) is 0 Å². The molecule has 0 bridgehead atoms. The molecule has 3 nitrogen and oxygen atoms in total. The molecule has 2 unspecified atom stereocenters. The molecule has 1 heterocycles. The third-order valence-electron chi connectivity index (χ3n) is 4.29. The smallest absolute Gasteiger partial charge is 0.103 e. The van der Waals surface area contributed by atoms with Gasteiger partial charge in [-0.1, -0.05) is 50.7 Å². The van der Waals surface area contributed by atoms with E-state index < -0.39 is 0 Å². The standard InChI is InChI=1S/C18H35N3/c1-3-4-5-6-7-8-9-10-11-12-13-14-18-20-15-16-21(18)17(2)19/h3-4,15,17-18H,5-14,16,19H2,1-2H3/b4-3+. The summed E-state index contributed by atoms with van der Waals surface area (Å²) in [6.07, 6.45) is 20.3. The molecule has 0 amide bonds. The van der Waals surface area contributed by atoms with Crippen LogP contribution >= 0.6 is 0 Å². The molecular formula is C18H35N3. The molecule has 0 fully saturated rings. The first-order chi connectivity index (χ1) is 10.3. The highest BCUT2D eigenvalue weighted by Crippen LogP contribution is 2.17. The Bertz CT molecular complexity index is 297. The fraction of sp³-hybridized carbons (Fsp3) is 0.833. The summed E-state index contributed by atoms with van der Waals surface area (Å²) >= 11 is 0. The quantitative estimate of drug-likeness (QED) is 0.426. The lowest BCUT2D eigenvalue weighted by molar-refractivity contribution is 0.182. The molecule has 1 aliphatic rings. The Hall–Kier alpha value is -0.670. The van der Waals surface area contributed by atoms with E-state index in [9.17, 15) is 0 Å². The van der Waals surface area contributed by atoms with Crippen molar-refractivity contribution in [2.24, 2.45) is 10.7 Å². The second-order valence-electron chi connectivity index (χ2n) is 6.22. The van der Waals surface area contributed by atoms with Gasteiger partial charge < -0.3 is 5.73 Å². The zero-order chi connectivity index (χ0) is 15.3. The molecule has 0 aliphatic carbocycles. The van der Waals surface area contributed by atoms with Gasteiger partial charge in [0, 0.05) is 12.8 Å². The Kier molecular flexibility index (Phi) is 10.4.